The van der Waals surface area contributed by atoms with Gasteiger partial charge in [-0.2, -0.15) is 0 Å². The fraction of sp³-hybridized carbons (Fsp3) is 0.0455. The van der Waals surface area contributed by atoms with E-state index in [-0.39, 0.29) is 5.91 Å². The highest BCUT2D eigenvalue weighted by atomic mass is 16.5. The highest BCUT2D eigenvalue weighted by molar-refractivity contribution is 6.04. The second-order valence-electron chi connectivity index (χ2n) is 6.25. The summed E-state index contributed by atoms with van der Waals surface area (Å²) in [6, 6.07) is 20.2. The zero-order valence-electron chi connectivity index (χ0n) is 15.2. The number of aryl methyl sites for hydroxylation is 1. The van der Waals surface area contributed by atoms with Crippen LogP contribution in [0.4, 0.5) is 5.69 Å². The number of anilines is 1. The summed E-state index contributed by atoms with van der Waals surface area (Å²) in [4.78, 5) is 20.7. The lowest BCUT2D eigenvalue weighted by atomic mass is 10.1. The summed E-state index contributed by atoms with van der Waals surface area (Å²) < 4.78 is 7.67. The molecule has 0 atom stereocenters. The zero-order valence-corrected chi connectivity index (χ0v) is 15.2. The maximum absolute atomic E-state index is 12.3. The van der Waals surface area contributed by atoms with Gasteiger partial charge in [0.15, 0.2) is 0 Å². The molecule has 2 heterocycles. The number of hydrogen-bond acceptors (Lipinski definition) is 4. The summed E-state index contributed by atoms with van der Waals surface area (Å²) in [5.41, 5.74) is 2.36. The lowest BCUT2D eigenvalue weighted by molar-refractivity contribution is 0.102. The van der Waals surface area contributed by atoms with Gasteiger partial charge in [0.05, 0.1) is 0 Å². The Bertz CT molecular complexity index is 1090. The smallest absolute Gasteiger partial charge is 0.255 e. The van der Waals surface area contributed by atoms with Crippen molar-refractivity contribution in [3.63, 3.8) is 0 Å². The van der Waals surface area contributed by atoms with Gasteiger partial charge in [-0.15, -0.1) is 0 Å². The third kappa shape index (κ3) is 4.07. The zero-order chi connectivity index (χ0) is 19.3. The Morgan fingerprint density at radius 1 is 0.964 bits per heavy atom. The maximum Gasteiger partial charge on any atom is 0.255 e. The van der Waals surface area contributed by atoms with E-state index in [9.17, 15) is 4.79 Å². The number of hydrogen-bond donors (Lipinski definition) is 1. The highest BCUT2D eigenvalue weighted by Gasteiger charge is 2.07. The van der Waals surface area contributed by atoms with Crippen LogP contribution in [0.5, 0.6) is 11.6 Å². The van der Waals surface area contributed by atoms with Gasteiger partial charge in [-0.1, -0.05) is 17.7 Å². The number of carbonyl (C=O) groups is 1. The Hall–Kier alpha value is -3.93. The first-order valence-corrected chi connectivity index (χ1v) is 8.79. The number of aromatic nitrogens is 3. The van der Waals surface area contributed by atoms with E-state index < -0.39 is 0 Å². The van der Waals surface area contributed by atoms with E-state index in [4.69, 9.17) is 4.74 Å². The van der Waals surface area contributed by atoms with Crippen LogP contribution in [0.2, 0.25) is 0 Å². The quantitative estimate of drug-likeness (QED) is 0.556. The molecular weight excluding hydrogens is 352 g/mol. The molecule has 0 radical (unpaired) electrons. The van der Waals surface area contributed by atoms with Crippen LogP contribution in [0, 0.1) is 6.92 Å². The van der Waals surface area contributed by atoms with Crippen molar-refractivity contribution in [2.75, 3.05) is 5.32 Å². The Balaban J connectivity index is 1.44. The number of rotatable bonds is 5. The molecule has 1 N–H and O–H groups in total. The predicted molar refractivity (Wildman–Crippen MR) is 107 cm³/mol. The normalized spacial score (nSPS) is 10.5. The molecule has 0 aliphatic heterocycles. The van der Waals surface area contributed by atoms with Crippen LogP contribution < -0.4 is 10.1 Å². The Kier molecular flexibility index (Phi) is 4.84. The molecule has 138 valence electrons. The van der Waals surface area contributed by atoms with Gasteiger partial charge in [-0.3, -0.25) is 4.79 Å². The molecule has 0 bridgehead atoms. The Morgan fingerprint density at radius 3 is 2.50 bits per heavy atom. The number of ether oxygens (including phenoxy) is 1. The molecule has 1 amide bonds. The van der Waals surface area contributed by atoms with Crippen LogP contribution in [-0.4, -0.2) is 20.4 Å². The second kappa shape index (κ2) is 7.75. The van der Waals surface area contributed by atoms with Crippen molar-refractivity contribution in [1.82, 2.24) is 14.5 Å². The summed E-state index contributed by atoms with van der Waals surface area (Å²) in [5, 5.41) is 2.88. The van der Waals surface area contributed by atoms with Gasteiger partial charge in [-0.05, 0) is 55.5 Å². The van der Waals surface area contributed by atoms with E-state index in [2.05, 4.69) is 15.3 Å². The molecule has 0 aliphatic carbocycles. The summed E-state index contributed by atoms with van der Waals surface area (Å²) >= 11 is 0. The largest absolute Gasteiger partial charge is 0.439 e. The van der Waals surface area contributed by atoms with Crippen LogP contribution >= 0.6 is 0 Å². The minimum Gasteiger partial charge on any atom is -0.439 e. The van der Waals surface area contributed by atoms with E-state index in [1.165, 1.54) is 6.33 Å². The van der Waals surface area contributed by atoms with Gasteiger partial charge in [0.2, 0.25) is 5.88 Å². The first-order valence-electron chi connectivity index (χ1n) is 8.79. The van der Waals surface area contributed by atoms with Crippen LogP contribution in [0.25, 0.3) is 5.82 Å². The summed E-state index contributed by atoms with van der Waals surface area (Å²) in [6.07, 6.45) is 5.26. The lowest BCUT2D eigenvalue weighted by Gasteiger charge is -2.09. The minimum absolute atomic E-state index is 0.149. The molecule has 6 heteroatoms. The van der Waals surface area contributed by atoms with Crippen LogP contribution in [-0.2, 0) is 0 Å². The number of nitrogens with one attached hydrogen (secondary N) is 1. The minimum atomic E-state index is -0.149. The van der Waals surface area contributed by atoms with Gasteiger partial charge < -0.3 is 14.6 Å². The van der Waals surface area contributed by atoms with Crippen LogP contribution in [0.15, 0.2) is 85.5 Å². The molecule has 0 saturated heterocycles. The van der Waals surface area contributed by atoms with E-state index in [1.54, 1.807) is 36.4 Å². The molecule has 0 fully saturated rings. The molecule has 0 saturated carbocycles. The molecule has 0 aliphatic rings. The van der Waals surface area contributed by atoms with Crippen molar-refractivity contribution in [3.8, 4) is 17.4 Å². The van der Waals surface area contributed by atoms with Crippen LogP contribution in [0.3, 0.4) is 0 Å². The maximum atomic E-state index is 12.3. The number of amides is 1. The molecule has 2 aromatic heterocycles. The lowest BCUT2D eigenvalue weighted by Crippen LogP contribution is -2.11. The van der Waals surface area contributed by atoms with Gasteiger partial charge in [0.1, 0.15) is 17.9 Å². The number of nitrogens with zero attached hydrogens (tertiary/aromatic N) is 3. The summed E-state index contributed by atoms with van der Waals surface area (Å²) in [5.74, 6) is 1.63. The fourth-order valence-electron chi connectivity index (χ4n) is 2.73. The van der Waals surface area contributed by atoms with E-state index in [1.807, 2.05) is 54.2 Å². The predicted octanol–water partition coefficient (Wildman–Crippen LogP) is 4.62. The summed E-state index contributed by atoms with van der Waals surface area (Å²) in [7, 11) is 0. The molecular formula is C22H18N4O2. The Labute approximate surface area is 162 Å². The average Bonchev–Trinajstić information content (AvgIpc) is 3.25. The van der Waals surface area contributed by atoms with Crippen molar-refractivity contribution >= 4 is 11.6 Å². The van der Waals surface area contributed by atoms with E-state index in [0.717, 1.165) is 11.4 Å². The molecule has 2 aromatic carbocycles. The van der Waals surface area contributed by atoms with Crippen molar-refractivity contribution in [1.29, 1.82) is 0 Å². The van der Waals surface area contributed by atoms with Crippen molar-refractivity contribution < 1.29 is 9.53 Å². The molecule has 4 aromatic rings. The van der Waals surface area contributed by atoms with E-state index in [0.29, 0.717) is 22.9 Å². The van der Waals surface area contributed by atoms with Gasteiger partial charge in [-0.25, -0.2) is 9.97 Å². The fourth-order valence-corrected chi connectivity index (χ4v) is 2.73. The van der Waals surface area contributed by atoms with Crippen LogP contribution in [0.1, 0.15) is 15.9 Å². The molecule has 6 nitrogen and oxygen atoms in total. The van der Waals surface area contributed by atoms with E-state index >= 15 is 0 Å². The molecule has 0 unspecified atom stereocenters. The van der Waals surface area contributed by atoms with Crippen molar-refractivity contribution in [3.05, 3.63) is 96.6 Å². The average molecular weight is 370 g/mol. The number of carbonyl (C=O) groups excluding carboxylic acids is 1. The number of benzene rings is 2. The third-order valence-corrected chi connectivity index (χ3v) is 4.11. The standard InChI is InChI=1S/C22H18N4O2/c1-16-5-4-6-17(13-16)22(27)25-18-7-9-19(10-8-18)28-21-14-20(23-15-24-21)26-11-2-3-12-26/h2-15H,1H3,(H,25,27). The first-order chi connectivity index (χ1) is 13.7. The molecule has 4 rings (SSSR count). The van der Waals surface area contributed by atoms with Crippen molar-refractivity contribution in [2.45, 2.75) is 6.92 Å². The molecule has 0 spiro atoms. The van der Waals surface area contributed by atoms with Crippen molar-refractivity contribution in [2.24, 2.45) is 0 Å². The second-order valence-corrected chi connectivity index (χ2v) is 6.25. The van der Waals surface area contributed by atoms with Gasteiger partial charge in [0.25, 0.3) is 5.91 Å². The monoisotopic (exact) mass is 370 g/mol. The Morgan fingerprint density at radius 2 is 1.75 bits per heavy atom. The van der Waals surface area contributed by atoms with Gasteiger partial charge >= 0.3 is 0 Å². The highest BCUT2D eigenvalue weighted by Crippen LogP contribution is 2.22. The SMILES string of the molecule is Cc1cccc(C(=O)Nc2ccc(Oc3cc(-n4cccc4)ncn3)cc2)c1. The third-order valence-electron chi connectivity index (χ3n) is 4.11. The summed E-state index contributed by atoms with van der Waals surface area (Å²) in [6.45, 7) is 1.96. The first kappa shape index (κ1) is 17.5. The topological polar surface area (TPSA) is 69.0 Å². The van der Waals surface area contributed by atoms with Gasteiger partial charge in [0, 0.05) is 29.7 Å². The molecule has 28 heavy (non-hydrogen) atoms.